The third-order valence-corrected chi connectivity index (χ3v) is 8.51. The minimum Gasteiger partial charge on any atom is -0.497 e. The van der Waals surface area contributed by atoms with Crippen LogP contribution in [0.4, 0.5) is 11.4 Å². The van der Waals surface area contributed by atoms with Gasteiger partial charge >= 0.3 is 0 Å². The van der Waals surface area contributed by atoms with Crippen LogP contribution in [0.15, 0.2) is 54.6 Å². The number of rotatable bonds is 6. The maximum absolute atomic E-state index is 13.1. The fourth-order valence-electron chi connectivity index (χ4n) is 4.83. The minimum atomic E-state index is -3.11. The van der Waals surface area contributed by atoms with Gasteiger partial charge in [-0.2, -0.15) is 5.10 Å². The molecule has 9 heteroatoms. The van der Waals surface area contributed by atoms with Crippen molar-refractivity contribution < 1.29 is 17.9 Å². The molecule has 3 aromatic rings. The molecule has 184 valence electrons. The number of methoxy groups -OCH3 is 1. The molecule has 2 fully saturated rings. The summed E-state index contributed by atoms with van der Waals surface area (Å²) in [6.07, 6.45) is 4.18. The number of carbonyl (C=O) groups excluding carboxylic acids is 1. The number of anilines is 2. The Hall–Kier alpha value is -3.33. The first-order valence-electron chi connectivity index (χ1n) is 12.0. The highest BCUT2D eigenvalue weighted by Crippen LogP contribution is 2.31. The van der Waals surface area contributed by atoms with Gasteiger partial charge in [0.05, 0.1) is 30.4 Å². The first-order valence-corrected chi connectivity index (χ1v) is 13.8. The van der Waals surface area contributed by atoms with Crippen LogP contribution in [0.3, 0.4) is 0 Å². The van der Waals surface area contributed by atoms with Gasteiger partial charge in [-0.15, -0.1) is 0 Å². The molecule has 0 bridgehead atoms. The van der Waals surface area contributed by atoms with E-state index in [1.165, 1.54) is 19.3 Å². The van der Waals surface area contributed by atoms with Crippen LogP contribution in [0.1, 0.15) is 42.2 Å². The molecule has 0 radical (unpaired) electrons. The van der Waals surface area contributed by atoms with Crippen molar-refractivity contribution in [3.8, 4) is 17.0 Å². The van der Waals surface area contributed by atoms with Crippen LogP contribution in [0.5, 0.6) is 5.75 Å². The molecule has 0 aliphatic carbocycles. The largest absolute Gasteiger partial charge is 0.497 e. The maximum Gasteiger partial charge on any atom is 0.276 e. The summed E-state index contributed by atoms with van der Waals surface area (Å²) in [5, 5.41) is 7.50. The molecule has 0 saturated carbocycles. The molecule has 1 aromatic heterocycles. The summed E-state index contributed by atoms with van der Waals surface area (Å²) < 4.78 is 31.2. The van der Waals surface area contributed by atoms with Crippen molar-refractivity contribution in [3.05, 3.63) is 60.3 Å². The molecule has 0 unspecified atom stereocenters. The molecular formula is C26H30N4O4S. The lowest BCUT2D eigenvalue weighted by atomic mass is 10.1. The molecule has 2 aliphatic rings. The third kappa shape index (κ3) is 5.19. The molecule has 2 aromatic carbocycles. The summed E-state index contributed by atoms with van der Waals surface area (Å²) >= 11 is 0. The van der Waals surface area contributed by atoms with Gasteiger partial charge in [0, 0.05) is 30.0 Å². The number of hydrogen-bond acceptors (Lipinski definition) is 6. The zero-order chi connectivity index (χ0) is 24.4. The number of amides is 1. The second kappa shape index (κ2) is 9.73. The zero-order valence-electron chi connectivity index (χ0n) is 19.8. The van der Waals surface area contributed by atoms with Crippen molar-refractivity contribution >= 4 is 27.1 Å². The lowest BCUT2D eigenvalue weighted by Gasteiger charge is -2.28. The van der Waals surface area contributed by atoms with E-state index in [9.17, 15) is 13.2 Å². The van der Waals surface area contributed by atoms with Crippen LogP contribution in [-0.4, -0.2) is 55.8 Å². The Labute approximate surface area is 205 Å². The van der Waals surface area contributed by atoms with E-state index in [0.717, 1.165) is 24.3 Å². The number of carbonyl (C=O) groups is 1. The Morgan fingerprint density at radius 3 is 2.37 bits per heavy atom. The van der Waals surface area contributed by atoms with Gasteiger partial charge in [-0.3, -0.25) is 9.48 Å². The number of piperidine rings is 1. The van der Waals surface area contributed by atoms with Crippen molar-refractivity contribution in [1.29, 1.82) is 0 Å². The highest BCUT2D eigenvalue weighted by molar-refractivity contribution is 7.91. The molecule has 1 N–H and O–H groups in total. The second-order valence-electron chi connectivity index (χ2n) is 9.19. The molecule has 3 heterocycles. The summed E-state index contributed by atoms with van der Waals surface area (Å²) in [6, 6.07) is 16.8. The topological polar surface area (TPSA) is 93.5 Å². The Kier molecular flexibility index (Phi) is 6.51. The molecule has 35 heavy (non-hydrogen) atoms. The van der Waals surface area contributed by atoms with Gasteiger partial charge in [-0.05, 0) is 80.3 Å². The van der Waals surface area contributed by atoms with Crippen LogP contribution in [0.25, 0.3) is 11.3 Å². The predicted octanol–water partition coefficient (Wildman–Crippen LogP) is 4.16. The van der Waals surface area contributed by atoms with E-state index in [4.69, 9.17) is 4.74 Å². The van der Waals surface area contributed by atoms with Gasteiger partial charge in [0.1, 0.15) is 5.75 Å². The highest BCUT2D eigenvalue weighted by Gasteiger charge is 2.32. The number of sulfone groups is 1. The van der Waals surface area contributed by atoms with Gasteiger partial charge in [0.25, 0.3) is 5.91 Å². The van der Waals surface area contributed by atoms with E-state index in [1.54, 1.807) is 17.9 Å². The van der Waals surface area contributed by atoms with Gasteiger partial charge in [-0.25, -0.2) is 8.42 Å². The lowest BCUT2D eigenvalue weighted by molar-refractivity contribution is 0.102. The summed E-state index contributed by atoms with van der Waals surface area (Å²) in [4.78, 5) is 15.5. The number of hydrogen-bond donors (Lipinski definition) is 1. The molecule has 0 spiro atoms. The van der Waals surface area contributed by atoms with E-state index in [2.05, 4.69) is 15.3 Å². The average molecular weight is 495 g/mol. The Morgan fingerprint density at radius 1 is 1.03 bits per heavy atom. The van der Waals surface area contributed by atoms with E-state index < -0.39 is 9.84 Å². The van der Waals surface area contributed by atoms with E-state index in [0.29, 0.717) is 23.6 Å². The monoisotopic (exact) mass is 494 g/mol. The number of benzene rings is 2. The first kappa shape index (κ1) is 23.4. The van der Waals surface area contributed by atoms with Gasteiger partial charge in [0.2, 0.25) is 0 Å². The number of aromatic nitrogens is 2. The normalized spacial score (nSPS) is 19.5. The van der Waals surface area contributed by atoms with Gasteiger partial charge < -0.3 is 15.0 Å². The van der Waals surface area contributed by atoms with Crippen LogP contribution in [0.2, 0.25) is 0 Å². The lowest BCUT2D eigenvalue weighted by Crippen LogP contribution is -2.29. The summed E-state index contributed by atoms with van der Waals surface area (Å²) in [5.74, 6) is 0.542. The van der Waals surface area contributed by atoms with Gasteiger partial charge in [-0.1, -0.05) is 0 Å². The second-order valence-corrected chi connectivity index (χ2v) is 11.4. The maximum atomic E-state index is 13.1. The van der Waals surface area contributed by atoms with Crippen molar-refractivity contribution in [2.24, 2.45) is 0 Å². The number of nitrogens with one attached hydrogen (secondary N) is 1. The van der Waals surface area contributed by atoms with Crippen molar-refractivity contribution in [2.45, 2.75) is 31.7 Å². The quantitative estimate of drug-likeness (QED) is 0.553. The molecule has 2 saturated heterocycles. The predicted molar refractivity (Wildman–Crippen MR) is 137 cm³/mol. The SMILES string of the molecule is COc1ccc(-c2cc(C(=O)Nc3ccc(N4CCCCC4)cc3)nn2[C@H]2CCS(=O)(=O)C2)cc1. The zero-order valence-corrected chi connectivity index (χ0v) is 20.6. The fraction of sp³-hybridized carbons (Fsp3) is 0.385. The first-order chi connectivity index (χ1) is 16.9. The summed E-state index contributed by atoms with van der Waals surface area (Å²) in [6.45, 7) is 2.13. The number of nitrogens with zero attached hydrogens (tertiary/aromatic N) is 3. The van der Waals surface area contributed by atoms with Crippen LogP contribution in [-0.2, 0) is 9.84 Å². The van der Waals surface area contributed by atoms with Crippen molar-refractivity contribution in [2.75, 3.05) is 41.9 Å². The molecular weight excluding hydrogens is 464 g/mol. The Morgan fingerprint density at radius 2 is 1.74 bits per heavy atom. The molecule has 5 rings (SSSR count). The fourth-order valence-corrected chi connectivity index (χ4v) is 6.52. The standard InChI is InChI=1S/C26H30N4O4S/c1-34-23-11-5-19(6-12-23)25-17-24(28-30(25)22-13-16-35(32,33)18-22)26(31)27-20-7-9-21(10-8-20)29-14-3-2-4-15-29/h5-12,17,22H,2-4,13-16,18H2,1H3,(H,27,31)/t22-/m0/s1. The van der Waals surface area contributed by atoms with Crippen molar-refractivity contribution in [3.63, 3.8) is 0 Å². The third-order valence-electron chi connectivity index (χ3n) is 6.75. The van der Waals surface area contributed by atoms with Crippen LogP contribution >= 0.6 is 0 Å². The summed E-state index contributed by atoms with van der Waals surface area (Å²) in [7, 11) is -1.51. The van der Waals surface area contributed by atoms with E-state index in [-0.39, 0.29) is 29.1 Å². The Balaban J connectivity index is 1.39. The van der Waals surface area contributed by atoms with E-state index >= 15 is 0 Å². The molecule has 2 aliphatic heterocycles. The van der Waals surface area contributed by atoms with Crippen molar-refractivity contribution in [1.82, 2.24) is 9.78 Å². The Bertz CT molecular complexity index is 1290. The summed E-state index contributed by atoms with van der Waals surface area (Å²) in [5.41, 5.74) is 3.66. The van der Waals surface area contributed by atoms with Gasteiger partial charge in [0.15, 0.2) is 15.5 Å². The minimum absolute atomic E-state index is 0.0247. The highest BCUT2D eigenvalue weighted by atomic mass is 32.2. The molecule has 1 atom stereocenters. The smallest absolute Gasteiger partial charge is 0.276 e. The van der Waals surface area contributed by atoms with Crippen LogP contribution < -0.4 is 15.0 Å². The van der Waals surface area contributed by atoms with E-state index in [1.807, 2.05) is 48.5 Å². The number of ether oxygens (including phenoxy) is 1. The molecule has 8 nitrogen and oxygen atoms in total. The molecule has 1 amide bonds. The average Bonchev–Trinajstić information content (AvgIpc) is 3.48. The van der Waals surface area contributed by atoms with Crippen LogP contribution in [0, 0.1) is 0 Å².